The topological polar surface area (TPSA) is 65.5 Å². The molecule has 1 aliphatic rings. The normalized spacial score (nSPS) is 22.9. The first-order valence-electron chi connectivity index (χ1n) is 8.52. The summed E-state index contributed by atoms with van der Waals surface area (Å²) in [5, 5.41) is 19.0. The fraction of sp³-hybridized carbons (Fsp3) is 0.238. The lowest BCUT2D eigenvalue weighted by molar-refractivity contribution is -0.144. The van der Waals surface area contributed by atoms with Crippen LogP contribution in [0.2, 0.25) is 0 Å². The summed E-state index contributed by atoms with van der Waals surface area (Å²) < 4.78 is 14.2. The van der Waals surface area contributed by atoms with E-state index in [0.29, 0.717) is 10.5 Å². The predicted molar refractivity (Wildman–Crippen MR) is 106 cm³/mol. The van der Waals surface area contributed by atoms with E-state index in [2.05, 4.69) is 12.6 Å². The lowest BCUT2D eigenvalue weighted by Gasteiger charge is -2.40. The number of fused-ring (bicyclic) bond motifs is 1. The van der Waals surface area contributed by atoms with E-state index in [1.807, 2.05) is 47.9 Å². The number of carboxylic acids is 1. The Labute approximate surface area is 161 Å². The zero-order chi connectivity index (χ0) is 19.6. The predicted octanol–water partition coefficient (Wildman–Crippen LogP) is 4.97. The second kappa shape index (κ2) is 7.45. The van der Waals surface area contributed by atoms with Crippen LogP contribution in [0.3, 0.4) is 0 Å². The van der Waals surface area contributed by atoms with E-state index in [-0.39, 0.29) is 12.8 Å². The van der Waals surface area contributed by atoms with Crippen molar-refractivity contribution in [2.45, 2.75) is 30.7 Å². The highest BCUT2D eigenvalue weighted by Gasteiger charge is 2.52. The van der Waals surface area contributed by atoms with Crippen LogP contribution in [0, 0.1) is 11.3 Å². The Morgan fingerprint density at radius 3 is 2.78 bits per heavy atom. The van der Waals surface area contributed by atoms with Gasteiger partial charge in [0.05, 0.1) is 16.8 Å². The van der Waals surface area contributed by atoms with Crippen molar-refractivity contribution in [2.75, 3.05) is 0 Å². The van der Waals surface area contributed by atoms with Gasteiger partial charge in [-0.25, -0.2) is 4.39 Å². The van der Waals surface area contributed by atoms with Gasteiger partial charge in [0, 0.05) is 29.5 Å². The molecule has 0 unspecified atom stereocenters. The quantitative estimate of drug-likeness (QED) is 0.716. The van der Waals surface area contributed by atoms with Gasteiger partial charge in [0.1, 0.15) is 17.0 Å². The molecule has 0 radical (unpaired) electrons. The number of hydrogen-bond donors (Lipinski definition) is 1. The summed E-state index contributed by atoms with van der Waals surface area (Å²) in [6, 6.07) is 9.42. The number of nitrogens with zero attached hydrogens (tertiary/aromatic N) is 2. The molecule has 6 heteroatoms. The number of carbonyl (C=O) groups is 1. The number of nitriles is 1. The van der Waals surface area contributed by atoms with Gasteiger partial charge in [0.25, 0.3) is 0 Å². The molecule has 138 valence electrons. The molecule has 1 N–H and O–H groups in total. The van der Waals surface area contributed by atoms with Gasteiger partial charge in [-0.1, -0.05) is 24.8 Å². The summed E-state index contributed by atoms with van der Waals surface area (Å²) in [5.41, 5.74) is 2.85. The van der Waals surface area contributed by atoms with Crippen molar-refractivity contribution >= 4 is 28.8 Å². The Hall–Kier alpha value is -2.78. The number of carboxylic acid groups (broad SMARTS) is 1. The van der Waals surface area contributed by atoms with Crippen molar-refractivity contribution in [1.29, 1.82) is 5.26 Å². The maximum absolute atomic E-state index is 13.5. The van der Waals surface area contributed by atoms with Crippen LogP contribution >= 0.6 is 11.8 Å². The second-order valence-electron chi connectivity index (χ2n) is 6.40. The molecule has 0 amide bonds. The largest absolute Gasteiger partial charge is 0.480 e. The van der Waals surface area contributed by atoms with Crippen LogP contribution < -0.4 is 0 Å². The van der Waals surface area contributed by atoms with Crippen LogP contribution in [0.25, 0.3) is 11.1 Å². The zero-order valence-corrected chi connectivity index (χ0v) is 15.7. The van der Waals surface area contributed by atoms with Gasteiger partial charge in [-0.05, 0) is 31.2 Å². The standard InChI is InChI=1S/C21H19FN2O2S/c1-3-6-19(27-21(20(25)26)11-15(22)12-21)16(4-2)18-9-8-14(13-23)17-7-5-10-24(17)18/h3-10,15H,2,11-12H2,1H3,(H,25,26)/b6-3-,19-16-. The Bertz CT molecular complexity index is 1010. The molecule has 0 atom stereocenters. The number of allylic oxidation sites excluding steroid dienone is 4. The van der Waals surface area contributed by atoms with E-state index >= 15 is 0 Å². The van der Waals surface area contributed by atoms with Gasteiger partial charge in [-0.15, -0.1) is 11.8 Å². The monoisotopic (exact) mass is 382 g/mol. The second-order valence-corrected chi connectivity index (χ2v) is 7.82. The lowest BCUT2D eigenvalue weighted by atomic mass is 9.82. The number of thioether (sulfide) groups is 1. The molecule has 27 heavy (non-hydrogen) atoms. The number of pyridine rings is 1. The average Bonchev–Trinajstić information content (AvgIpc) is 3.10. The number of aliphatic carboxylic acids is 1. The number of hydrogen-bond acceptors (Lipinski definition) is 3. The molecule has 0 saturated heterocycles. The molecule has 2 heterocycles. The molecular weight excluding hydrogens is 363 g/mol. The van der Waals surface area contributed by atoms with Crippen LogP contribution in [0.15, 0.2) is 60.2 Å². The minimum Gasteiger partial charge on any atom is -0.480 e. The minimum atomic E-state index is -1.16. The van der Waals surface area contributed by atoms with Crippen LogP contribution in [0.4, 0.5) is 4.39 Å². The number of aromatic nitrogens is 1. The van der Waals surface area contributed by atoms with Crippen LogP contribution in [-0.2, 0) is 4.79 Å². The maximum Gasteiger partial charge on any atom is 0.320 e. The van der Waals surface area contributed by atoms with Gasteiger partial charge in [0.2, 0.25) is 0 Å². The van der Waals surface area contributed by atoms with Gasteiger partial charge in [-0.2, -0.15) is 5.26 Å². The van der Waals surface area contributed by atoms with Crippen molar-refractivity contribution in [3.63, 3.8) is 0 Å². The summed E-state index contributed by atoms with van der Waals surface area (Å²) >= 11 is 1.17. The average molecular weight is 382 g/mol. The highest BCUT2D eigenvalue weighted by atomic mass is 32.2. The molecule has 4 nitrogen and oxygen atoms in total. The van der Waals surface area contributed by atoms with E-state index in [4.69, 9.17) is 0 Å². The third kappa shape index (κ3) is 3.31. The summed E-state index contributed by atoms with van der Waals surface area (Å²) in [5.74, 6) is -1.00. The fourth-order valence-corrected chi connectivity index (χ4v) is 4.82. The van der Waals surface area contributed by atoms with Crippen molar-refractivity contribution in [1.82, 2.24) is 4.40 Å². The molecule has 0 aromatic carbocycles. The highest BCUT2D eigenvalue weighted by molar-refractivity contribution is 8.05. The van der Waals surface area contributed by atoms with Gasteiger partial charge >= 0.3 is 5.97 Å². The Morgan fingerprint density at radius 2 is 2.22 bits per heavy atom. The molecule has 1 aliphatic carbocycles. The lowest BCUT2D eigenvalue weighted by Crippen LogP contribution is -2.49. The number of alkyl halides is 1. The van der Waals surface area contributed by atoms with E-state index in [1.165, 1.54) is 11.8 Å². The number of rotatable bonds is 6. The van der Waals surface area contributed by atoms with Crippen molar-refractivity contribution in [2.24, 2.45) is 0 Å². The maximum atomic E-state index is 13.5. The van der Waals surface area contributed by atoms with Crippen LogP contribution in [-0.4, -0.2) is 26.4 Å². The molecular formula is C21H19FN2O2S. The van der Waals surface area contributed by atoms with E-state index in [0.717, 1.165) is 16.8 Å². The fourth-order valence-electron chi connectivity index (χ4n) is 3.28. The smallest absolute Gasteiger partial charge is 0.320 e. The first kappa shape index (κ1) is 19.0. The highest BCUT2D eigenvalue weighted by Crippen LogP contribution is 2.51. The molecule has 2 aromatic rings. The third-order valence-corrected chi connectivity index (χ3v) is 6.15. The molecule has 3 rings (SSSR count). The van der Waals surface area contributed by atoms with E-state index in [9.17, 15) is 19.6 Å². The molecule has 1 fully saturated rings. The first-order chi connectivity index (χ1) is 13.0. The van der Waals surface area contributed by atoms with Crippen molar-refractivity contribution in [3.05, 3.63) is 71.4 Å². The van der Waals surface area contributed by atoms with E-state index in [1.54, 1.807) is 12.1 Å². The molecule has 0 aliphatic heterocycles. The van der Waals surface area contributed by atoms with Crippen molar-refractivity contribution in [3.8, 4) is 6.07 Å². The van der Waals surface area contributed by atoms with Crippen molar-refractivity contribution < 1.29 is 14.3 Å². The zero-order valence-electron chi connectivity index (χ0n) is 14.9. The molecule has 0 bridgehead atoms. The molecule has 2 aromatic heterocycles. The Morgan fingerprint density at radius 1 is 1.48 bits per heavy atom. The van der Waals surface area contributed by atoms with E-state index < -0.39 is 16.9 Å². The van der Waals surface area contributed by atoms with Crippen LogP contribution in [0.1, 0.15) is 31.0 Å². The summed E-state index contributed by atoms with van der Waals surface area (Å²) in [7, 11) is 0. The van der Waals surface area contributed by atoms with Crippen LogP contribution in [0.5, 0.6) is 0 Å². The Kier molecular flexibility index (Phi) is 5.24. The van der Waals surface area contributed by atoms with Gasteiger partial charge in [0.15, 0.2) is 0 Å². The third-order valence-electron chi connectivity index (χ3n) is 4.67. The molecule has 0 spiro atoms. The van der Waals surface area contributed by atoms with Gasteiger partial charge in [-0.3, -0.25) is 4.79 Å². The summed E-state index contributed by atoms with van der Waals surface area (Å²) in [6.07, 6.45) is 6.06. The van der Waals surface area contributed by atoms with Gasteiger partial charge < -0.3 is 9.51 Å². The SMILES string of the molecule is C=C/C(=C(\C=C/C)SC1(C(=O)O)CC(F)C1)c1ccc(C#N)c2cccn12. The summed E-state index contributed by atoms with van der Waals surface area (Å²) in [4.78, 5) is 12.5. The molecule has 1 saturated carbocycles. The Balaban J connectivity index is 2.16. The summed E-state index contributed by atoms with van der Waals surface area (Å²) in [6.45, 7) is 5.75. The minimum absolute atomic E-state index is 0.00915. The first-order valence-corrected chi connectivity index (χ1v) is 9.34. The number of halogens is 1.